The lowest BCUT2D eigenvalue weighted by Crippen LogP contribution is -2.20. The van der Waals surface area contributed by atoms with E-state index in [-0.39, 0.29) is 5.41 Å². The first kappa shape index (κ1) is 15.2. The molecule has 0 aliphatic rings. The number of hydrogen-bond acceptors (Lipinski definition) is 3. The first-order chi connectivity index (χ1) is 9.32. The largest absolute Gasteiger partial charge is 0.399 e. The van der Waals surface area contributed by atoms with Crippen LogP contribution in [0, 0.1) is 0 Å². The molecule has 1 aromatic carbocycles. The first-order valence-corrected chi connectivity index (χ1v) is 8.40. The molecule has 20 heavy (non-hydrogen) atoms. The number of nitrogens with zero attached hydrogens (tertiary/aromatic N) is 2. The number of hydrogen-bond donors (Lipinski definition) is 1. The highest BCUT2D eigenvalue weighted by Gasteiger charge is 2.23. The Bertz CT molecular complexity index is 596. The summed E-state index contributed by atoms with van der Waals surface area (Å²) in [4.78, 5) is 4.82. The number of aryl methyl sites for hydroxylation is 1. The lowest BCUT2D eigenvalue weighted by atomic mass is 9.95. The summed E-state index contributed by atoms with van der Waals surface area (Å²) in [5, 5.41) is 0.661. The second-order valence-electron chi connectivity index (χ2n) is 6.42. The Morgan fingerprint density at radius 2 is 2.05 bits per heavy atom. The van der Waals surface area contributed by atoms with Crippen LogP contribution < -0.4 is 5.73 Å². The van der Waals surface area contributed by atoms with Gasteiger partial charge in [-0.3, -0.25) is 0 Å². The van der Waals surface area contributed by atoms with Crippen LogP contribution in [-0.4, -0.2) is 21.1 Å². The van der Waals surface area contributed by atoms with Crippen molar-refractivity contribution in [1.29, 1.82) is 0 Å². The Morgan fingerprint density at radius 1 is 1.35 bits per heavy atom. The Labute approximate surface area is 125 Å². The van der Waals surface area contributed by atoms with Gasteiger partial charge in [0.05, 0.1) is 11.0 Å². The van der Waals surface area contributed by atoms with Crippen molar-refractivity contribution >= 4 is 28.5 Å². The van der Waals surface area contributed by atoms with Crippen molar-refractivity contribution in [2.45, 2.75) is 51.3 Å². The van der Waals surface area contributed by atoms with Gasteiger partial charge in [-0.05, 0) is 30.9 Å². The fraction of sp³-hybridized carbons (Fsp3) is 0.562. The number of anilines is 1. The van der Waals surface area contributed by atoms with Crippen LogP contribution in [0.3, 0.4) is 0 Å². The molecule has 0 saturated heterocycles. The highest BCUT2D eigenvalue weighted by Crippen LogP contribution is 2.28. The van der Waals surface area contributed by atoms with Gasteiger partial charge in [-0.15, -0.1) is 0 Å². The Balaban J connectivity index is 2.47. The molecule has 0 spiro atoms. The molecule has 2 aromatic rings. The van der Waals surface area contributed by atoms with Crippen LogP contribution >= 0.6 is 11.8 Å². The molecule has 0 bridgehead atoms. The monoisotopic (exact) mass is 291 g/mol. The quantitative estimate of drug-likeness (QED) is 0.864. The molecule has 1 aromatic heterocycles. The average molecular weight is 291 g/mol. The molecule has 0 radical (unpaired) electrons. The van der Waals surface area contributed by atoms with Crippen LogP contribution in [-0.2, 0) is 12.0 Å². The third-order valence-electron chi connectivity index (χ3n) is 3.60. The van der Waals surface area contributed by atoms with E-state index in [0.717, 1.165) is 30.0 Å². The summed E-state index contributed by atoms with van der Waals surface area (Å²) in [6, 6.07) is 6.03. The molecular formula is C16H25N3S. The number of nitrogens with two attached hydrogens (primary N) is 1. The highest BCUT2D eigenvalue weighted by atomic mass is 32.2. The predicted octanol–water partition coefficient (Wildman–Crippen LogP) is 4.06. The van der Waals surface area contributed by atoms with Crippen LogP contribution in [0.1, 0.15) is 39.9 Å². The minimum absolute atomic E-state index is 0.0381. The van der Waals surface area contributed by atoms with E-state index >= 15 is 0 Å². The molecule has 3 nitrogen and oxygen atoms in total. The summed E-state index contributed by atoms with van der Waals surface area (Å²) in [5.41, 5.74) is 8.90. The van der Waals surface area contributed by atoms with Crippen molar-refractivity contribution in [2.75, 3.05) is 12.0 Å². The Kier molecular flexibility index (Phi) is 4.33. The van der Waals surface area contributed by atoms with E-state index in [4.69, 9.17) is 10.7 Å². The number of thioether (sulfide) groups is 1. The predicted molar refractivity (Wildman–Crippen MR) is 90.4 cm³/mol. The molecule has 0 fully saturated rings. The second-order valence-corrected chi connectivity index (χ2v) is 7.70. The van der Waals surface area contributed by atoms with E-state index in [9.17, 15) is 0 Å². The van der Waals surface area contributed by atoms with Gasteiger partial charge in [0.1, 0.15) is 5.82 Å². The lowest BCUT2D eigenvalue weighted by molar-refractivity contribution is 0.496. The molecule has 1 heterocycles. The van der Waals surface area contributed by atoms with Crippen LogP contribution in [0.2, 0.25) is 0 Å². The van der Waals surface area contributed by atoms with E-state index in [1.165, 1.54) is 5.52 Å². The number of fused-ring (bicyclic) bond motifs is 1. The van der Waals surface area contributed by atoms with E-state index in [1.54, 1.807) is 0 Å². The maximum Gasteiger partial charge on any atom is 0.115 e. The maximum absolute atomic E-state index is 5.88. The van der Waals surface area contributed by atoms with Crippen LogP contribution in [0.4, 0.5) is 5.69 Å². The van der Waals surface area contributed by atoms with E-state index < -0.39 is 0 Å². The summed E-state index contributed by atoms with van der Waals surface area (Å²) in [6.07, 6.45) is 3.32. The number of benzene rings is 1. The van der Waals surface area contributed by atoms with Crippen molar-refractivity contribution in [2.24, 2.45) is 0 Å². The zero-order chi connectivity index (χ0) is 14.9. The molecule has 0 saturated carbocycles. The molecule has 1 unspecified atom stereocenters. The van der Waals surface area contributed by atoms with Crippen molar-refractivity contribution in [3.8, 4) is 0 Å². The molecule has 1 atom stereocenters. The van der Waals surface area contributed by atoms with Gasteiger partial charge in [0.25, 0.3) is 0 Å². The third kappa shape index (κ3) is 3.11. The van der Waals surface area contributed by atoms with Crippen LogP contribution in [0.15, 0.2) is 18.2 Å². The topological polar surface area (TPSA) is 43.8 Å². The lowest BCUT2D eigenvalue weighted by Gasteiger charge is -2.21. The van der Waals surface area contributed by atoms with Crippen molar-refractivity contribution < 1.29 is 0 Å². The van der Waals surface area contributed by atoms with Gasteiger partial charge in [-0.1, -0.05) is 27.7 Å². The van der Waals surface area contributed by atoms with Gasteiger partial charge >= 0.3 is 0 Å². The molecule has 0 amide bonds. The minimum atomic E-state index is 0.0381. The number of rotatable bonds is 4. The molecular weight excluding hydrogens is 266 g/mol. The van der Waals surface area contributed by atoms with Crippen LogP contribution in [0.25, 0.3) is 11.0 Å². The highest BCUT2D eigenvalue weighted by molar-refractivity contribution is 7.99. The average Bonchev–Trinajstić information content (AvgIpc) is 2.73. The van der Waals surface area contributed by atoms with Gasteiger partial charge in [-0.2, -0.15) is 11.8 Å². The van der Waals surface area contributed by atoms with Crippen molar-refractivity contribution in [1.82, 2.24) is 9.55 Å². The van der Waals surface area contributed by atoms with Crippen molar-refractivity contribution in [3.63, 3.8) is 0 Å². The summed E-state index contributed by atoms with van der Waals surface area (Å²) in [6.45, 7) is 9.93. The zero-order valence-corrected chi connectivity index (χ0v) is 13.9. The SMILES string of the molecule is CSC(C)CCn1c(C(C)(C)C)nc2cc(N)ccc21. The molecule has 0 aliphatic heterocycles. The summed E-state index contributed by atoms with van der Waals surface area (Å²) >= 11 is 1.91. The number of imidazole rings is 1. The van der Waals surface area contributed by atoms with E-state index in [0.29, 0.717) is 5.25 Å². The van der Waals surface area contributed by atoms with Gasteiger partial charge in [0.2, 0.25) is 0 Å². The third-order valence-corrected chi connectivity index (χ3v) is 4.65. The van der Waals surface area contributed by atoms with E-state index in [2.05, 4.69) is 44.6 Å². The molecule has 110 valence electrons. The normalized spacial score (nSPS) is 13.8. The van der Waals surface area contributed by atoms with Gasteiger partial charge < -0.3 is 10.3 Å². The molecule has 2 rings (SSSR count). The smallest absolute Gasteiger partial charge is 0.115 e. The minimum Gasteiger partial charge on any atom is -0.399 e. The summed E-state index contributed by atoms with van der Waals surface area (Å²) < 4.78 is 2.36. The summed E-state index contributed by atoms with van der Waals surface area (Å²) in [5.74, 6) is 1.14. The second kappa shape index (κ2) is 5.68. The van der Waals surface area contributed by atoms with Gasteiger partial charge in [0.15, 0.2) is 0 Å². The van der Waals surface area contributed by atoms with Crippen molar-refractivity contribution in [3.05, 3.63) is 24.0 Å². The molecule has 0 aliphatic carbocycles. The Hall–Kier alpha value is -1.16. The fourth-order valence-corrected chi connectivity index (χ4v) is 2.72. The number of nitrogen functional groups attached to an aromatic ring is 1. The first-order valence-electron chi connectivity index (χ1n) is 7.12. The molecule has 4 heteroatoms. The molecule has 2 N–H and O–H groups in total. The standard InChI is InChI=1S/C16H25N3S/c1-11(20-5)8-9-19-14-7-6-12(17)10-13(14)18-15(19)16(2,3)4/h6-7,10-11H,8-9,17H2,1-5H3. The number of aromatic nitrogens is 2. The zero-order valence-electron chi connectivity index (χ0n) is 13.1. The van der Waals surface area contributed by atoms with Gasteiger partial charge in [-0.25, -0.2) is 4.98 Å². The maximum atomic E-state index is 5.88. The van der Waals surface area contributed by atoms with Gasteiger partial charge in [0, 0.05) is 22.9 Å². The van der Waals surface area contributed by atoms with Crippen LogP contribution in [0.5, 0.6) is 0 Å². The summed E-state index contributed by atoms with van der Waals surface area (Å²) in [7, 11) is 0. The Morgan fingerprint density at radius 3 is 2.65 bits per heavy atom. The van der Waals surface area contributed by atoms with E-state index in [1.807, 2.05) is 23.9 Å². The fourth-order valence-electron chi connectivity index (χ4n) is 2.37.